The summed E-state index contributed by atoms with van der Waals surface area (Å²) in [4.78, 5) is 18.8. The van der Waals surface area contributed by atoms with Crippen LogP contribution in [-0.4, -0.2) is 32.1 Å². The number of carbonyl (C=O) groups excluding carboxylic acids is 1. The van der Waals surface area contributed by atoms with Gasteiger partial charge in [-0.15, -0.1) is 11.3 Å². The molecule has 142 valence electrons. The van der Waals surface area contributed by atoms with Crippen LogP contribution in [0.2, 0.25) is 0 Å². The maximum Gasteiger partial charge on any atom is 0.205 e. The van der Waals surface area contributed by atoms with Gasteiger partial charge < -0.3 is 19.9 Å². The lowest BCUT2D eigenvalue weighted by atomic mass is 10.1. The molecule has 28 heavy (non-hydrogen) atoms. The van der Waals surface area contributed by atoms with E-state index < -0.39 is 0 Å². The Kier molecular flexibility index (Phi) is 4.52. The van der Waals surface area contributed by atoms with Crippen molar-refractivity contribution in [3.05, 3.63) is 52.9 Å². The quantitative estimate of drug-likeness (QED) is 0.509. The minimum absolute atomic E-state index is 0.154. The molecule has 4 aromatic rings. The highest BCUT2D eigenvalue weighted by atomic mass is 32.1. The minimum Gasteiger partial charge on any atom is -0.497 e. The third-order valence-electron chi connectivity index (χ3n) is 4.56. The van der Waals surface area contributed by atoms with Gasteiger partial charge in [-0.2, -0.15) is 0 Å². The first-order valence-electron chi connectivity index (χ1n) is 8.49. The number of ether oxygens (including phenoxy) is 3. The van der Waals surface area contributed by atoms with Gasteiger partial charge in [0.05, 0.1) is 32.5 Å². The lowest BCUT2D eigenvalue weighted by molar-refractivity contribution is 0.104. The Morgan fingerprint density at radius 3 is 2.46 bits per heavy atom. The van der Waals surface area contributed by atoms with E-state index in [1.165, 1.54) is 11.3 Å². The molecule has 0 amide bonds. The molecule has 0 unspecified atom stereocenters. The van der Waals surface area contributed by atoms with Crippen molar-refractivity contribution < 1.29 is 19.0 Å². The minimum atomic E-state index is -0.154. The summed E-state index contributed by atoms with van der Waals surface area (Å²) >= 11 is 1.28. The number of hydrogen-bond donors (Lipinski definition) is 1. The largest absolute Gasteiger partial charge is 0.497 e. The van der Waals surface area contributed by atoms with Gasteiger partial charge in [0.1, 0.15) is 15.5 Å². The number of nitrogens with two attached hydrogens (primary N) is 1. The molecule has 0 atom stereocenters. The van der Waals surface area contributed by atoms with Crippen molar-refractivity contribution in [2.75, 3.05) is 27.1 Å². The van der Waals surface area contributed by atoms with Gasteiger partial charge in [0.15, 0.2) is 11.5 Å². The molecule has 0 saturated heterocycles. The van der Waals surface area contributed by atoms with Gasteiger partial charge in [0, 0.05) is 22.4 Å². The Balaban J connectivity index is 1.87. The number of fused-ring (bicyclic) bond motifs is 2. The predicted octanol–water partition coefficient (Wildman–Crippen LogP) is 4.29. The molecule has 0 bridgehead atoms. The second-order valence-corrected chi connectivity index (χ2v) is 7.15. The maximum absolute atomic E-state index is 13.0. The molecule has 0 aliphatic carbocycles. The number of carbonyl (C=O) groups is 1. The molecule has 2 heterocycles. The maximum atomic E-state index is 13.0. The van der Waals surface area contributed by atoms with E-state index in [0.29, 0.717) is 38.2 Å². The molecule has 2 aromatic heterocycles. The molecule has 0 spiro atoms. The van der Waals surface area contributed by atoms with Crippen LogP contribution >= 0.6 is 11.3 Å². The highest BCUT2D eigenvalue weighted by molar-refractivity contribution is 7.21. The van der Waals surface area contributed by atoms with Gasteiger partial charge in [-0.1, -0.05) is 12.1 Å². The van der Waals surface area contributed by atoms with Crippen LogP contribution in [0.5, 0.6) is 17.2 Å². The number of hydrogen-bond acceptors (Lipinski definition) is 7. The summed E-state index contributed by atoms with van der Waals surface area (Å²) in [6.45, 7) is 0. The van der Waals surface area contributed by atoms with Crippen LogP contribution in [0.4, 0.5) is 5.69 Å². The van der Waals surface area contributed by atoms with E-state index in [2.05, 4.69) is 4.98 Å². The molecule has 0 fully saturated rings. The van der Waals surface area contributed by atoms with E-state index in [4.69, 9.17) is 19.9 Å². The lowest BCUT2D eigenvalue weighted by Gasteiger charge is -2.08. The zero-order chi connectivity index (χ0) is 19.8. The van der Waals surface area contributed by atoms with Gasteiger partial charge in [-0.05, 0) is 24.3 Å². The van der Waals surface area contributed by atoms with Crippen LogP contribution in [0.25, 0.3) is 21.1 Å². The summed E-state index contributed by atoms with van der Waals surface area (Å²) in [7, 11) is 4.73. The first kappa shape index (κ1) is 18.1. The van der Waals surface area contributed by atoms with E-state index in [9.17, 15) is 4.79 Å². The Morgan fingerprint density at radius 2 is 1.75 bits per heavy atom. The van der Waals surface area contributed by atoms with Crippen molar-refractivity contribution in [2.45, 2.75) is 0 Å². The number of nitrogens with zero attached hydrogens (tertiary/aromatic N) is 1. The van der Waals surface area contributed by atoms with Crippen LogP contribution in [-0.2, 0) is 0 Å². The van der Waals surface area contributed by atoms with Crippen molar-refractivity contribution in [3.8, 4) is 17.2 Å². The molecule has 4 rings (SSSR count). The van der Waals surface area contributed by atoms with Crippen molar-refractivity contribution in [2.24, 2.45) is 0 Å². The second-order valence-electron chi connectivity index (χ2n) is 6.15. The van der Waals surface area contributed by atoms with Crippen LogP contribution in [0.15, 0.2) is 42.5 Å². The summed E-state index contributed by atoms with van der Waals surface area (Å²) in [5, 5.41) is 1.60. The first-order chi connectivity index (χ1) is 13.5. The fourth-order valence-electron chi connectivity index (χ4n) is 3.09. The number of benzene rings is 2. The van der Waals surface area contributed by atoms with E-state index in [1.54, 1.807) is 45.6 Å². The first-order valence-corrected chi connectivity index (χ1v) is 9.31. The van der Waals surface area contributed by atoms with Crippen LogP contribution in [0, 0.1) is 0 Å². The fourth-order valence-corrected chi connectivity index (χ4v) is 4.14. The van der Waals surface area contributed by atoms with Gasteiger partial charge in [0.2, 0.25) is 5.78 Å². The van der Waals surface area contributed by atoms with Crippen molar-refractivity contribution >= 4 is 43.9 Å². The molecule has 2 aromatic carbocycles. The van der Waals surface area contributed by atoms with Gasteiger partial charge in [-0.25, -0.2) is 4.98 Å². The highest BCUT2D eigenvalue weighted by Gasteiger charge is 2.20. The topological polar surface area (TPSA) is 83.7 Å². The Bertz CT molecular complexity index is 1220. The smallest absolute Gasteiger partial charge is 0.205 e. The molecule has 0 aliphatic rings. The molecule has 7 heteroatoms. The standard InChI is InChI=1S/C21H18N2O4S/c1-25-13-6-4-5-11(7-13)19(24)20-18(22)14-8-12-9-16(26-2)17(27-3)10-15(12)23-21(14)28-20/h4-10H,22H2,1-3H3. The van der Waals surface area contributed by atoms with E-state index in [-0.39, 0.29) is 5.78 Å². The highest BCUT2D eigenvalue weighted by Crippen LogP contribution is 2.38. The van der Waals surface area contributed by atoms with Crippen LogP contribution < -0.4 is 19.9 Å². The summed E-state index contributed by atoms with van der Waals surface area (Å²) in [6.07, 6.45) is 0. The molecule has 0 saturated carbocycles. The number of rotatable bonds is 5. The number of thiophene rings is 1. The third-order valence-corrected chi connectivity index (χ3v) is 5.67. The Morgan fingerprint density at radius 1 is 1.00 bits per heavy atom. The van der Waals surface area contributed by atoms with Gasteiger partial charge in [-0.3, -0.25) is 4.79 Å². The summed E-state index contributed by atoms with van der Waals surface area (Å²) in [5.41, 5.74) is 8.02. The molecular weight excluding hydrogens is 376 g/mol. The fraction of sp³-hybridized carbons (Fsp3) is 0.143. The molecule has 0 radical (unpaired) electrons. The SMILES string of the molecule is COc1cccc(C(=O)c2sc3nc4cc(OC)c(OC)cc4cc3c2N)c1. The average molecular weight is 394 g/mol. The second kappa shape index (κ2) is 7.01. The summed E-state index contributed by atoms with van der Waals surface area (Å²) in [6, 6.07) is 12.6. The van der Waals surface area contributed by atoms with Crippen molar-refractivity contribution in [3.63, 3.8) is 0 Å². The number of anilines is 1. The van der Waals surface area contributed by atoms with Crippen LogP contribution in [0.3, 0.4) is 0 Å². The number of ketones is 1. The van der Waals surface area contributed by atoms with Crippen molar-refractivity contribution in [1.82, 2.24) is 4.98 Å². The summed E-state index contributed by atoms with van der Waals surface area (Å²) in [5.74, 6) is 1.67. The lowest BCUT2D eigenvalue weighted by Crippen LogP contribution is -2.02. The normalized spacial score (nSPS) is 11.0. The molecular formula is C21H18N2O4S. The monoisotopic (exact) mass is 394 g/mol. The molecule has 6 nitrogen and oxygen atoms in total. The zero-order valence-electron chi connectivity index (χ0n) is 15.6. The molecule has 2 N–H and O–H groups in total. The third kappa shape index (κ3) is 2.90. The van der Waals surface area contributed by atoms with Gasteiger partial charge in [0.25, 0.3) is 0 Å². The van der Waals surface area contributed by atoms with Crippen LogP contribution in [0.1, 0.15) is 15.2 Å². The predicted molar refractivity (Wildman–Crippen MR) is 111 cm³/mol. The van der Waals surface area contributed by atoms with E-state index in [1.807, 2.05) is 18.2 Å². The van der Waals surface area contributed by atoms with E-state index >= 15 is 0 Å². The Labute approximate surface area is 165 Å². The number of nitrogen functional groups attached to an aromatic ring is 1. The number of pyridine rings is 1. The zero-order valence-corrected chi connectivity index (χ0v) is 16.4. The number of methoxy groups -OCH3 is 3. The van der Waals surface area contributed by atoms with Crippen molar-refractivity contribution in [1.29, 1.82) is 0 Å². The van der Waals surface area contributed by atoms with E-state index in [0.717, 1.165) is 16.3 Å². The average Bonchev–Trinajstić information content (AvgIpc) is 3.06. The molecule has 0 aliphatic heterocycles. The van der Waals surface area contributed by atoms with Gasteiger partial charge >= 0.3 is 0 Å². The summed E-state index contributed by atoms with van der Waals surface area (Å²) < 4.78 is 15.9. The Hall–Kier alpha value is -3.32. The number of aromatic nitrogens is 1.